The number of aryl methyl sites for hydroxylation is 1. The Morgan fingerprint density at radius 3 is 2.95 bits per heavy atom. The number of amides is 2. The molecule has 2 aromatic rings. The molecule has 2 heterocycles. The van der Waals surface area contributed by atoms with E-state index in [0.717, 1.165) is 11.4 Å². The number of urea groups is 1. The van der Waals surface area contributed by atoms with Crippen LogP contribution in [-0.2, 0) is 6.54 Å². The molecule has 0 spiro atoms. The van der Waals surface area contributed by atoms with E-state index in [2.05, 4.69) is 21.7 Å². The fourth-order valence-corrected chi connectivity index (χ4v) is 4.97. The first-order valence-electron chi connectivity index (χ1n) is 7.00. The predicted octanol–water partition coefficient (Wildman–Crippen LogP) is 3.78. The topological polar surface area (TPSA) is 67.2 Å². The zero-order valence-corrected chi connectivity index (χ0v) is 13.8. The van der Waals surface area contributed by atoms with Crippen LogP contribution < -0.4 is 10.6 Å². The number of benzene rings is 1. The summed E-state index contributed by atoms with van der Waals surface area (Å²) in [4.78, 5) is 16.0. The molecule has 2 amide bonds. The SMILES string of the molecule is Cc1cnc(CNC(=O)Nc2cccc(C3SCCS3)c2)o1. The second-order valence-corrected chi connectivity index (χ2v) is 7.60. The molecule has 0 atom stereocenters. The molecular formula is C15H17N3O2S2. The Hall–Kier alpha value is -1.60. The molecule has 1 saturated heterocycles. The van der Waals surface area contributed by atoms with Crippen molar-refractivity contribution in [1.82, 2.24) is 10.3 Å². The third-order valence-corrected chi connectivity index (χ3v) is 6.21. The average molecular weight is 335 g/mol. The van der Waals surface area contributed by atoms with Gasteiger partial charge < -0.3 is 15.1 Å². The fourth-order valence-electron chi connectivity index (χ4n) is 2.13. The molecule has 116 valence electrons. The van der Waals surface area contributed by atoms with E-state index in [1.54, 1.807) is 6.20 Å². The number of thioether (sulfide) groups is 2. The first kappa shape index (κ1) is 15.3. The van der Waals surface area contributed by atoms with E-state index in [0.29, 0.717) is 10.5 Å². The number of rotatable bonds is 4. The molecule has 1 aromatic heterocycles. The van der Waals surface area contributed by atoms with Crippen LogP contribution >= 0.6 is 23.5 Å². The maximum absolute atomic E-state index is 11.9. The summed E-state index contributed by atoms with van der Waals surface area (Å²) < 4.78 is 5.78. The number of carbonyl (C=O) groups excluding carboxylic acids is 1. The molecule has 7 heteroatoms. The molecule has 1 fully saturated rings. The molecule has 0 unspecified atom stereocenters. The van der Waals surface area contributed by atoms with Gasteiger partial charge in [-0.15, -0.1) is 23.5 Å². The first-order chi connectivity index (χ1) is 10.7. The van der Waals surface area contributed by atoms with Crippen LogP contribution in [0.2, 0.25) is 0 Å². The number of oxazole rings is 1. The van der Waals surface area contributed by atoms with Crippen LogP contribution in [0, 0.1) is 6.92 Å². The molecule has 5 nitrogen and oxygen atoms in total. The van der Waals surface area contributed by atoms with Gasteiger partial charge in [-0.05, 0) is 24.6 Å². The van der Waals surface area contributed by atoms with Gasteiger partial charge in [0.05, 0.1) is 17.3 Å². The normalized spacial score (nSPS) is 15.0. The Morgan fingerprint density at radius 2 is 2.23 bits per heavy atom. The van der Waals surface area contributed by atoms with Crippen molar-refractivity contribution >= 4 is 35.2 Å². The van der Waals surface area contributed by atoms with Crippen molar-refractivity contribution < 1.29 is 9.21 Å². The standard InChI is InChI=1S/C15H17N3O2S2/c1-10-8-16-13(20-10)9-17-15(19)18-12-4-2-3-11(7-12)14-21-5-6-22-14/h2-4,7-8,14H,5-6,9H2,1H3,(H2,17,18,19). The Bertz CT molecular complexity index is 654. The molecule has 22 heavy (non-hydrogen) atoms. The molecule has 1 aromatic carbocycles. The highest BCUT2D eigenvalue weighted by molar-refractivity contribution is 8.19. The van der Waals surface area contributed by atoms with E-state index in [-0.39, 0.29) is 12.6 Å². The van der Waals surface area contributed by atoms with E-state index < -0.39 is 0 Å². The summed E-state index contributed by atoms with van der Waals surface area (Å²) in [5, 5.41) is 5.58. The number of anilines is 1. The van der Waals surface area contributed by atoms with Gasteiger partial charge in [-0.25, -0.2) is 9.78 Å². The summed E-state index contributed by atoms with van der Waals surface area (Å²) in [7, 11) is 0. The van der Waals surface area contributed by atoms with Gasteiger partial charge in [0.25, 0.3) is 0 Å². The fraction of sp³-hybridized carbons (Fsp3) is 0.333. The van der Waals surface area contributed by atoms with E-state index in [9.17, 15) is 4.79 Å². The first-order valence-corrected chi connectivity index (χ1v) is 9.10. The quantitative estimate of drug-likeness (QED) is 0.890. The van der Waals surface area contributed by atoms with Crippen molar-refractivity contribution in [3.63, 3.8) is 0 Å². The summed E-state index contributed by atoms with van der Waals surface area (Å²) in [6.45, 7) is 2.09. The molecule has 1 aliphatic heterocycles. The van der Waals surface area contributed by atoms with Crippen LogP contribution in [0.5, 0.6) is 0 Å². The van der Waals surface area contributed by atoms with Gasteiger partial charge in [0, 0.05) is 17.2 Å². The van der Waals surface area contributed by atoms with Gasteiger partial charge in [0.1, 0.15) is 5.76 Å². The van der Waals surface area contributed by atoms with E-state index >= 15 is 0 Å². The van der Waals surface area contributed by atoms with Crippen molar-refractivity contribution in [2.75, 3.05) is 16.8 Å². The highest BCUT2D eigenvalue weighted by atomic mass is 32.2. The van der Waals surface area contributed by atoms with Crippen molar-refractivity contribution in [1.29, 1.82) is 0 Å². The minimum atomic E-state index is -0.264. The lowest BCUT2D eigenvalue weighted by molar-refractivity contribution is 0.250. The Morgan fingerprint density at radius 1 is 1.41 bits per heavy atom. The maximum Gasteiger partial charge on any atom is 0.319 e. The monoisotopic (exact) mass is 335 g/mol. The number of aromatic nitrogens is 1. The Balaban J connectivity index is 1.55. The number of hydrogen-bond acceptors (Lipinski definition) is 5. The van der Waals surface area contributed by atoms with Crippen LogP contribution in [-0.4, -0.2) is 22.5 Å². The molecule has 0 saturated carbocycles. The maximum atomic E-state index is 11.9. The van der Waals surface area contributed by atoms with E-state index in [1.807, 2.05) is 48.6 Å². The summed E-state index contributed by atoms with van der Waals surface area (Å²) in [5.74, 6) is 3.60. The van der Waals surface area contributed by atoms with Gasteiger partial charge in [0.15, 0.2) is 0 Å². The van der Waals surface area contributed by atoms with Crippen LogP contribution in [0.15, 0.2) is 34.9 Å². The van der Waals surface area contributed by atoms with Crippen molar-refractivity contribution in [3.05, 3.63) is 47.7 Å². The molecule has 3 rings (SSSR count). The van der Waals surface area contributed by atoms with Gasteiger partial charge in [0.2, 0.25) is 5.89 Å². The highest BCUT2D eigenvalue weighted by Gasteiger charge is 2.18. The number of nitrogens with zero attached hydrogens (tertiary/aromatic N) is 1. The third-order valence-electron chi connectivity index (χ3n) is 3.11. The highest BCUT2D eigenvalue weighted by Crippen LogP contribution is 2.45. The van der Waals surface area contributed by atoms with Crippen LogP contribution in [0.1, 0.15) is 21.8 Å². The lowest BCUT2D eigenvalue weighted by atomic mass is 10.2. The smallest absolute Gasteiger partial charge is 0.319 e. The van der Waals surface area contributed by atoms with Crippen molar-refractivity contribution in [2.45, 2.75) is 18.1 Å². The van der Waals surface area contributed by atoms with Gasteiger partial charge in [-0.2, -0.15) is 0 Å². The molecule has 0 radical (unpaired) electrons. The minimum Gasteiger partial charge on any atom is -0.444 e. The molecule has 1 aliphatic rings. The second-order valence-electron chi connectivity index (χ2n) is 4.87. The second kappa shape index (κ2) is 7.11. The molecule has 2 N–H and O–H groups in total. The Labute approximate surface area is 137 Å². The van der Waals surface area contributed by atoms with Gasteiger partial charge in [-0.1, -0.05) is 12.1 Å². The zero-order valence-electron chi connectivity index (χ0n) is 12.2. The number of nitrogens with one attached hydrogen (secondary N) is 2. The average Bonchev–Trinajstić information content (AvgIpc) is 3.17. The van der Waals surface area contributed by atoms with Crippen LogP contribution in [0.3, 0.4) is 0 Å². The predicted molar refractivity (Wildman–Crippen MR) is 91.2 cm³/mol. The van der Waals surface area contributed by atoms with Crippen LogP contribution in [0.25, 0.3) is 0 Å². The summed E-state index contributed by atoms with van der Waals surface area (Å²) in [6, 6.07) is 7.74. The van der Waals surface area contributed by atoms with Gasteiger partial charge >= 0.3 is 6.03 Å². The third kappa shape index (κ3) is 3.98. The van der Waals surface area contributed by atoms with E-state index in [4.69, 9.17) is 4.42 Å². The molecule has 0 bridgehead atoms. The van der Waals surface area contributed by atoms with Crippen LogP contribution in [0.4, 0.5) is 10.5 Å². The molecular weight excluding hydrogens is 318 g/mol. The minimum absolute atomic E-state index is 0.264. The zero-order chi connectivity index (χ0) is 15.4. The summed E-state index contributed by atoms with van der Waals surface area (Å²) >= 11 is 3.89. The largest absolute Gasteiger partial charge is 0.444 e. The Kier molecular flexibility index (Phi) is 4.94. The lowest BCUT2D eigenvalue weighted by Gasteiger charge is -2.11. The van der Waals surface area contributed by atoms with Gasteiger partial charge in [-0.3, -0.25) is 0 Å². The molecule has 0 aliphatic carbocycles. The van der Waals surface area contributed by atoms with E-state index in [1.165, 1.54) is 17.1 Å². The number of carbonyl (C=O) groups is 1. The van der Waals surface area contributed by atoms with Crippen molar-refractivity contribution in [2.24, 2.45) is 0 Å². The van der Waals surface area contributed by atoms with Crippen molar-refractivity contribution in [3.8, 4) is 0 Å². The number of hydrogen-bond donors (Lipinski definition) is 2. The summed E-state index contributed by atoms with van der Waals surface area (Å²) in [6.07, 6.45) is 1.63. The summed E-state index contributed by atoms with van der Waals surface area (Å²) in [5.41, 5.74) is 2.04. The lowest BCUT2D eigenvalue weighted by Crippen LogP contribution is -2.28.